The minimum Gasteiger partial charge on any atom is -0.493 e. The van der Waals surface area contributed by atoms with Crippen LogP contribution in [0.3, 0.4) is 0 Å². The van der Waals surface area contributed by atoms with Gasteiger partial charge in [-0.25, -0.2) is 18.7 Å². The van der Waals surface area contributed by atoms with E-state index in [0.29, 0.717) is 47.1 Å². The maximum absolute atomic E-state index is 15.4. The van der Waals surface area contributed by atoms with Crippen molar-refractivity contribution in [2.75, 3.05) is 16.4 Å². The summed E-state index contributed by atoms with van der Waals surface area (Å²) < 4.78 is 22.9. The number of anilines is 2. The molecule has 0 saturated carbocycles. The van der Waals surface area contributed by atoms with Gasteiger partial charge in [-0.15, -0.1) is 5.10 Å². The minimum absolute atomic E-state index is 0.0213. The number of H-pyrrole nitrogens is 1. The molecule has 0 radical (unpaired) electrons. The molecule has 4 aromatic rings. The van der Waals surface area contributed by atoms with Gasteiger partial charge in [0.2, 0.25) is 0 Å². The Hall–Kier alpha value is -4.63. The number of ether oxygens (including phenoxy) is 1. The van der Waals surface area contributed by atoms with Gasteiger partial charge in [-0.1, -0.05) is 13.0 Å². The topological polar surface area (TPSA) is 100 Å². The summed E-state index contributed by atoms with van der Waals surface area (Å²) in [6.45, 7) is 18.2. The molecule has 0 spiro atoms. The van der Waals surface area contributed by atoms with Crippen LogP contribution in [0.2, 0.25) is 0 Å². The fraction of sp³-hybridized carbons (Fsp3) is 0.333. The lowest BCUT2D eigenvalue weighted by atomic mass is 10.0. The molecule has 2 aromatic carbocycles. The Labute approximate surface area is 247 Å². The fourth-order valence-electron chi connectivity index (χ4n) is 5.26. The average molecular weight is 588 g/mol. The average Bonchev–Trinajstić information content (AvgIpc) is 3.35. The summed E-state index contributed by atoms with van der Waals surface area (Å²) in [4.78, 5) is 40.5. The molecular weight excluding hydrogens is 557 g/mol. The Morgan fingerprint density at radius 1 is 1.17 bits per heavy atom. The second-order valence-corrected chi connectivity index (χ2v) is 10.9. The van der Waals surface area contributed by atoms with Crippen molar-refractivity contribution in [2.24, 2.45) is 0 Å². The van der Waals surface area contributed by atoms with E-state index in [4.69, 9.17) is 28.6 Å². The summed E-state index contributed by atoms with van der Waals surface area (Å²) in [5.74, 6) is 0.298. The first-order valence-corrected chi connectivity index (χ1v) is 14.0. The molecule has 0 bridgehead atoms. The highest BCUT2D eigenvalue weighted by Gasteiger charge is 2.51. The van der Waals surface area contributed by atoms with E-state index < -0.39 is 17.3 Å². The van der Waals surface area contributed by atoms with Crippen molar-refractivity contribution in [1.82, 2.24) is 19.6 Å². The van der Waals surface area contributed by atoms with Crippen LogP contribution in [0.1, 0.15) is 51.2 Å². The lowest BCUT2D eigenvalue weighted by molar-refractivity contribution is -0.120. The molecule has 1 saturated heterocycles. The van der Waals surface area contributed by atoms with Crippen LogP contribution in [0.5, 0.6) is 5.75 Å². The van der Waals surface area contributed by atoms with Crippen molar-refractivity contribution in [3.05, 3.63) is 75.0 Å². The third kappa shape index (κ3) is 4.41. The van der Waals surface area contributed by atoms with Gasteiger partial charge in [0.1, 0.15) is 22.9 Å². The molecule has 1 amide bonds. The van der Waals surface area contributed by atoms with E-state index in [-0.39, 0.29) is 33.4 Å². The Morgan fingerprint density at radius 2 is 1.90 bits per heavy atom. The minimum atomic E-state index is -1.19. The number of carbonyl (C=O) groups is 1. The summed E-state index contributed by atoms with van der Waals surface area (Å²) in [6.07, 6.45) is 1.47. The van der Waals surface area contributed by atoms with Gasteiger partial charge < -0.3 is 14.6 Å². The van der Waals surface area contributed by atoms with Crippen molar-refractivity contribution in [2.45, 2.75) is 59.9 Å². The summed E-state index contributed by atoms with van der Waals surface area (Å²) in [5, 5.41) is 4.81. The van der Waals surface area contributed by atoms with Crippen molar-refractivity contribution in [1.29, 1.82) is 0 Å². The third-order valence-corrected chi connectivity index (χ3v) is 7.72. The molecular formula is C30H30FN7O3S. The Balaban J connectivity index is 1.66. The summed E-state index contributed by atoms with van der Waals surface area (Å²) in [6, 6.07) is 8.10. The number of aromatic amines is 1. The molecule has 1 aliphatic heterocycles. The Kier molecular flexibility index (Phi) is 7.32. The van der Waals surface area contributed by atoms with E-state index in [2.05, 4.69) is 14.8 Å². The van der Waals surface area contributed by atoms with E-state index in [0.717, 1.165) is 6.42 Å². The van der Waals surface area contributed by atoms with Crippen LogP contribution in [0, 0.1) is 26.2 Å². The summed E-state index contributed by atoms with van der Waals surface area (Å²) in [5.41, 5.74) is 0.714. The molecule has 12 heteroatoms. The molecule has 5 rings (SSSR count). The number of halogens is 1. The standard InChI is InChI=1S/C30H30FN7O3S/c1-8-10-23-33-17(4)25-27(39)34-26(35-38(23)25)19-15-18(11-14-22(19)41-9-2)37-29(42)36(28(40)30(37,5)6)21-13-12-20(32-7)16(3)24(21)31/h11-15H,8-10H2,1-6H3,(H,34,35,39). The maximum Gasteiger partial charge on any atom is 0.277 e. The normalized spacial score (nSPS) is 14.6. The molecule has 1 aliphatic rings. The number of rotatable bonds is 7. The molecule has 10 nitrogen and oxygen atoms in total. The SMILES string of the molecule is [C-]#[N+]c1ccc(N2C(=O)C(C)(C)N(c3ccc(OCC)c(-c4nn5c(CCC)nc(C)c5c(=O)[nH]4)c3)C2=S)c(F)c1C. The number of carbonyl (C=O) groups excluding carboxylic acids is 1. The predicted octanol–water partition coefficient (Wildman–Crippen LogP) is 5.66. The van der Waals surface area contributed by atoms with Crippen LogP contribution in [0.4, 0.5) is 21.5 Å². The highest BCUT2D eigenvalue weighted by atomic mass is 32.1. The maximum atomic E-state index is 15.4. The van der Waals surface area contributed by atoms with Gasteiger partial charge in [0.15, 0.2) is 22.1 Å². The number of aromatic nitrogens is 4. The lowest BCUT2D eigenvalue weighted by Gasteiger charge is -2.30. The zero-order valence-corrected chi connectivity index (χ0v) is 25.0. The van der Waals surface area contributed by atoms with Crippen LogP contribution < -0.4 is 20.1 Å². The highest BCUT2D eigenvalue weighted by Crippen LogP contribution is 2.41. The second kappa shape index (κ2) is 10.6. The largest absolute Gasteiger partial charge is 0.493 e. The van der Waals surface area contributed by atoms with Crippen LogP contribution in [0.25, 0.3) is 21.7 Å². The molecule has 3 heterocycles. The number of fused-ring (bicyclic) bond motifs is 1. The van der Waals surface area contributed by atoms with E-state index >= 15 is 4.39 Å². The number of amides is 1. The van der Waals surface area contributed by atoms with Crippen LogP contribution in [-0.2, 0) is 11.2 Å². The molecule has 0 atom stereocenters. The number of nitrogens with one attached hydrogen (secondary N) is 1. The van der Waals surface area contributed by atoms with Crippen molar-refractivity contribution in [3.63, 3.8) is 0 Å². The molecule has 2 aromatic heterocycles. The zero-order valence-electron chi connectivity index (χ0n) is 24.2. The third-order valence-electron chi connectivity index (χ3n) is 7.36. The van der Waals surface area contributed by atoms with Crippen molar-refractivity contribution < 1.29 is 13.9 Å². The smallest absolute Gasteiger partial charge is 0.277 e. The Morgan fingerprint density at radius 3 is 2.57 bits per heavy atom. The molecule has 42 heavy (non-hydrogen) atoms. The van der Waals surface area contributed by atoms with E-state index in [9.17, 15) is 9.59 Å². The van der Waals surface area contributed by atoms with E-state index in [1.807, 2.05) is 13.8 Å². The molecule has 1 N–H and O–H groups in total. The van der Waals surface area contributed by atoms with Crippen LogP contribution in [0.15, 0.2) is 35.1 Å². The number of benzene rings is 2. The monoisotopic (exact) mass is 587 g/mol. The van der Waals surface area contributed by atoms with Gasteiger partial charge >= 0.3 is 0 Å². The first-order chi connectivity index (χ1) is 20.0. The summed E-state index contributed by atoms with van der Waals surface area (Å²) >= 11 is 5.78. The molecule has 0 aliphatic carbocycles. The number of hydrogen-bond acceptors (Lipinski definition) is 6. The van der Waals surface area contributed by atoms with Gasteiger partial charge in [-0.3, -0.25) is 14.5 Å². The van der Waals surface area contributed by atoms with E-state index in [1.54, 1.807) is 48.4 Å². The number of nitrogens with zero attached hydrogens (tertiary/aromatic N) is 6. The lowest BCUT2D eigenvalue weighted by Crippen LogP contribution is -2.44. The van der Waals surface area contributed by atoms with Crippen LogP contribution in [-0.4, -0.2) is 42.7 Å². The number of thiocarbonyl (C=S) groups is 1. The number of imidazole rings is 1. The fourth-order valence-corrected chi connectivity index (χ4v) is 5.78. The van der Waals surface area contributed by atoms with Gasteiger partial charge in [0, 0.05) is 12.1 Å². The van der Waals surface area contributed by atoms with E-state index in [1.165, 1.54) is 24.0 Å². The number of hydrogen-bond donors (Lipinski definition) is 1. The van der Waals surface area contributed by atoms with Gasteiger partial charge in [0.25, 0.3) is 11.5 Å². The Bertz CT molecular complexity index is 1870. The molecule has 0 unspecified atom stereocenters. The molecule has 216 valence electrons. The quantitative estimate of drug-likeness (QED) is 0.220. The van der Waals surface area contributed by atoms with Gasteiger partial charge in [0.05, 0.1) is 30.1 Å². The first-order valence-electron chi connectivity index (χ1n) is 13.6. The molecule has 1 fully saturated rings. The van der Waals surface area contributed by atoms with Gasteiger partial charge in [-0.2, -0.15) is 0 Å². The van der Waals surface area contributed by atoms with Gasteiger partial charge in [-0.05, 0) is 83.1 Å². The second-order valence-electron chi connectivity index (χ2n) is 10.5. The zero-order chi connectivity index (χ0) is 30.5. The van der Waals surface area contributed by atoms with Crippen LogP contribution >= 0.6 is 12.2 Å². The van der Waals surface area contributed by atoms with Crippen molar-refractivity contribution >= 4 is 45.8 Å². The highest BCUT2D eigenvalue weighted by molar-refractivity contribution is 7.81. The first kappa shape index (κ1) is 28.9. The predicted molar refractivity (Wildman–Crippen MR) is 163 cm³/mol. The number of aryl methyl sites for hydroxylation is 2. The summed E-state index contributed by atoms with van der Waals surface area (Å²) in [7, 11) is 0. The van der Waals surface area contributed by atoms with Crippen molar-refractivity contribution in [3.8, 4) is 17.1 Å².